The maximum atomic E-state index is 8.84. The van der Waals surface area contributed by atoms with Gasteiger partial charge < -0.3 is 9.94 Å². The van der Waals surface area contributed by atoms with Gasteiger partial charge in [-0.15, -0.1) is 0 Å². The zero-order valence-corrected chi connectivity index (χ0v) is 9.95. The van der Waals surface area contributed by atoms with Crippen LogP contribution < -0.4 is 0 Å². The fourth-order valence-corrected chi connectivity index (χ4v) is 1.08. The fraction of sp³-hybridized carbons (Fsp3) is 0.182. The Morgan fingerprint density at radius 2 is 2.00 bits per heavy atom. The maximum Gasteiger partial charge on any atom is 0.138 e. The lowest BCUT2D eigenvalue weighted by atomic mass is 10.2. The highest BCUT2D eigenvalue weighted by molar-refractivity contribution is 6.55. The average Bonchev–Trinajstić information content (AvgIpc) is 2.29. The molecule has 0 fully saturated rings. The summed E-state index contributed by atoms with van der Waals surface area (Å²) in [7, 11) is 0. The lowest BCUT2D eigenvalue weighted by Gasteiger charge is -1.96. The van der Waals surface area contributed by atoms with E-state index in [9.17, 15) is 0 Å². The molecule has 0 amide bonds. The van der Waals surface area contributed by atoms with Crippen LogP contribution in [0.15, 0.2) is 40.0 Å². The third kappa shape index (κ3) is 5.16. The van der Waals surface area contributed by atoms with Gasteiger partial charge in [-0.3, -0.25) is 0 Å². The van der Waals surface area contributed by atoms with E-state index in [0.717, 1.165) is 11.1 Å². The Balaban J connectivity index is 2.41. The van der Waals surface area contributed by atoms with Gasteiger partial charge >= 0.3 is 0 Å². The molecule has 0 bridgehead atoms. The number of halogens is 2. The van der Waals surface area contributed by atoms with Gasteiger partial charge in [0, 0.05) is 0 Å². The van der Waals surface area contributed by atoms with Crippen LogP contribution in [0, 0.1) is 0 Å². The minimum absolute atomic E-state index is 0.0347. The van der Waals surface area contributed by atoms with Crippen molar-refractivity contribution in [1.82, 2.24) is 0 Å². The molecule has 0 atom stereocenters. The van der Waals surface area contributed by atoms with Gasteiger partial charge in [0.15, 0.2) is 0 Å². The van der Waals surface area contributed by atoms with E-state index in [0.29, 0.717) is 0 Å². The second-order valence-electron chi connectivity index (χ2n) is 2.92. The molecule has 1 aromatic carbocycles. The predicted molar refractivity (Wildman–Crippen MR) is 65.7 cm³/mol. The summed E-state index contributed by atoms with van der Waals surface area (Å²) in [5.41, 5.74) is 1.74. The molecule has 3 nitrogen and oxygen atoms in total. The number of aliphatic hydroxyl groups is 1. The number of oxime groups is 1. The largest absolute Gasteiger partial charge is 0.392 e. The smallest absolute Gasteiger partial charge is 0.138 e. The van der Waals surface area contributed by atoms with E-state index >= 15 is 0 Å². The summed E-state index contributed by atoms with van der Waals surface area (Å²) in [6.45, 7) is 0.264. The molecule has 0 aliphatic rings. The molecule has 86 valence electrons. The normalized spacial score (nSPS) is 10.4. The number of aliphatic hydroxyl groups excluding tert-OH is 1. The van der Waals surface area contributed by atoms with Gasteiger partial charge in [0.25, 0.3) is 0 Å². The SMILES string of the molecule is OCc1ccc(C=NOCC=C(Cl)Cl)cc1. The van der Waals surface area contributed by atoms with Crippen LogP contribution >= 0.6 is 23.2 Å². The molecule has 0 saturated heterocycles. The van der Waals surface area contributed by atoms with Crippen molar-refractivity contribution in [3.63, 3.8) is 0 Å². The van der Waals surface area contributed by atoms with Crippen molar-refractivity contribution in [2.45, 2.75) is 6.61 Å². The number of nitrogens with zero attached hydrogens (tertiary/aromatic N) is 1. The Kier molecular flexibility index (Phi) is 5.93. The summed E-state index contributed by atoms with van der Waals surface area (Å²) in [5.74, 6) is 0. The van der Waals surface area contributed by atoms with Crippen LogP contribution in [0.2, 0.25) is 0 Å². The summed E-state index contributed by atoms with van der Waals surface area (Å²) in [5, 5.41) is 12.6. The zero-order valence-electron chi connectivity index (χ0n) is 8.44. The molecule has 0 heterocycles. The van der Waals surface area contributed by atoms with Crippen LogP contribution in [0.5, 0.6) is 0 Å². The average molecular weight is 260 g/mol. The van der Waals surface area contributed by atoms with E-state index in [-0.39, 0.29) is 17.7 Å². The zero-order chi connectivity index (χ0) is 11.8. The summed E-state index contributed by atoms with van der Waals surface area (Å²) in [6.07, 6.45) is 3.06. The molecule has 0 spiro atoms. The highest BCUT2D eigenvalue weighted by Gasteiger charge is 1.90. The van der Waals surface area contributed by atoms with Crippen LogP contribution in [0.3, 0.4) is 0 Å². The molecule has 1 N–H and O–H groups in total. The molecule has 0 radical (unpaired) electrons. The first-order valence-electron chi connectivity index (χ1n) is 4.58. The van der Waals surface area contributed by atoms with Crippen LogP contribution in [0.25, 0.3) is 0 Å². The summed E-state index contributed by atoms with van der Waals surface area (Å²) in [6, 6.07) is 7.30. The third-order valence-electron chi connectivity index (χ3n) is 1.75. The number of benzene rings is 1. The van der Waals surface area contributed by atoms with Gasteiger partial charge in [0.2, 0.25) is 0 Å². The number of rotatable bonds is 5. The maximum absolute atomic E-state index is 8.84. The lowest BCUT2D eigenvalue weighted by Crippen LogP contribution is -1.87. The van der Waals surface area contributed by atoms with Crippen LogP contribution in [0.4, 0.5) is 0 Å². The highest BCUT2D eigenvalue weighted by Crippen LogP contribution is 2.05. The molecule has 16 heavy (non-hydrogen) atoms. The molecule has 5 heteroatoms. The van der Waals surface area contributed by atoms with Crippen molar-refractivity contribution in [3.05, 3.63) is 46.0 Å². The van der Waals surface area contributed by atoms with Crippen molar-refractivity contribution in [3.8, 4) is 0 Å². The molecule has 0 saturated carbocycles. The van der Waals surface area contributed by atoms with Gasteiger partial charge in [0.1, 0.15) is 11.1 Å². The van der Waals surface area contributed by atoms with Gasteiger partial charge in [-0.05, 0) is 17.2 Å². The topological polar surface area (TPSA) is 41.8 Å². The second-order valence-corrected chi connectivity index (χ2v) is 3.93. The van der Waals surface area contributed by atoms with Crippen LogP contribution in [-0.2, 0) is 11.4 Å². The molecule has 0 unspecified atom stereocenters. The first-order valence-corrected chi connectivity index (χ1v) is 5.34. The summed E-state index contributed by atoms with van der Waals surface area (Å²) >= 11 is 10.8. The molecule has 1 aromatic rings. The molecule has 0 aliphatic carbocycles. The molecular formula is C11H11Cl2NO2. The number of hydrogen-bond acceptors (Lipinski definition) is 3. The van der Waals surface area contributed by atoms with Crippen LogP contribution in [0.1, 0.15) is 11.1 Å². The Morgan fingerprint density at radius 1 is 1.31 bits per heavy atom. The molecule has 1 rings (SSSR count). The first-order chi connectivity index (χ1) is 7.72. The van der Waals surface area contributed by atoms with E-state index in [1.807, 2.05) is 24.3 Å². The number of hydrogen-bond donors (Lipinski definition) is 1. The fourth-order valence-electron chi connectivity index (χ4n) is 0.951. The second kappa shape index (κ2) is 7.28. The predicted octanol–water partition coefficient (Wildman–Crippen LogP) is 2.85. The Labute approximate surface area is 104 Å². The van der Waals surface area contributed by atoms with E-state index in [4.69, 9.17) is 33.1 Å². The Bertz CT molecular complexity index is 370. The Hall–Kier alpha value is -1.03. The van der Waals surface area contributed by atoms with Crippen molar-refractivity contribution >= 4 is 29.4 Å². The summed E-state index contributed by atoms with van der Waals surface area (Å²) < 4.78 is 0.155. The monoisotopic (exact) mass is 259 g/mol. The van der Waals surface area contributed by atoms with Gasteiger partial charge in [0.05, 0.1) is 12.8 Å². The summed E-state index contributed by atoms with van der Waals surface area (Å²) in [4.78, 5) is 4.88. The van der Waals surface area contributed by atoms with Crippen molar-refractivity contribution < 1.29 is 9.94 Å². The van der Waals surface area contributed by atoms with Crippen molar-refractivity contribution in [2.75, 3.05) is 6.61 Å². The molecular weight excluding hydrogens is 249 g/mol. The molecule has 0 aliphatic heterocycles. The lowest BCUT2D eigenvalue weighted by molar-refractivity contribution is 0.176. The van der Waals surface area contributed by atoms with E-state index in [2.05, 4.69) is 5.16 Å². The Morgan fingerprint density at radius 3 is 2.56 bits per heavy atom. The quantitative estimate of drug-likeness (QED) is 0.502. The van der Waals surface area contributed by atoms with Gasteiger partial charge in [-0.25, -0.2) is 0 Å². The highest BCUT2D eigenvalue weighted by atomic mass is 35.5. The van der Waals surface area contributed by atoms with E-state index < -0.39 is 0 Å². The molecule has 0 aromatic heterocycles. The minimum atomic E-state index is 0.0347. The van der Waals surface area contributed by atoms with Gasteiger partial charge in [-0.1, -0.05) is 52.6 Å². The van der Waals surface area contributed by atoms with E-state index in [1.165, 1.54) is 6.08 Å². The van der Waals surface area contributed by atoms with E-state index in [1.54, 1.807) is 6.21 Å². The standard InChI is InChI=1S/C11H11Cl2NO2/c12-11(13)5-6-16-14-7-9-1-3-10(8-15)4-2-9/h1-5,7,15H,6,8H2. The minimum Gasteiger partial charge on any atom is -0.392 e. The first kappa shape index (κ1) is 13.0. The van der Waals surface area contributed by atoms with Crippen molar-refractivity contribution in [2.24, 2.45) is 5.16 Å². The van der Waals surface area contributed by atoms with Gasteiger partial charge in [-0.2, -0.15) is 0 Å². The van der Waals surface area contributed by atoms with Crippen LogP contribution in [-0.4, -0.2) is 17.9 Å². The third-order valence-corrected chi connectivity index (χ3v) is 2.06. The van der Waals surface area contributed by atoms with Crippen molar-refractivity contribution in [1.29, 1.82) is 0 Å².